The van der Waals surface area contributed by atoms with Crippen molar-refractivity contribution in [2.45, 2.75) is 38.8 Å². The monoisotopic (exact) mass is 326 g/mol. The molecule has 0 aliphatic carbocycles. The zero-order valence-electron chi connectivity index (χ0n) is 14.4. The smallest absolute Gasteiger partial charge is 0.251 e. The molecule has 0 aliphatic rings. The summed E-state index contributed by atoms with van der Waals surface area (Å²) in [5, 5.41) is 3.08. The van der Waals surface area contributed by atoms with Crippen molar-refractivity contribution in [2.75, 3.05) is 6.54 Å². The molecule has 24 heavy (non-hydrogen) atoms. The fourth-order valence-electron chi connectivity index (χ4n) is 2.52. The molecule has 4 heteroatoms. The van der Waals surface area contributed by atoms with E-state index in [-0.39, 0.29) is 11.4 Å². The quantitative estimate of drug-likeness (QED) is 0.780. The molecule has 2 aromatic rings. The Morgan fingerprint density at radius 3 is 2.21 bits per heavy atom. The van der Waals surface area contributed by atoms with Crippen molar-refractivity contribution in [1.29, 1.82) is 0 Å². The van der Waals surface area contributed by atoms with Gasteiger partial charge in [0.1, 0.15) is 12.4 Å². The van der Waals surface area contributed by atoms with Crippen molar-refractivity contribution in [3.63, 3.8) is 0 Å². The fourth-order valence-corrected chi connectivity index (χ4v) is 2.52. The van der Waals surface area contributed by atoms with Crippen LogP contribution < -0.4 is 15.8 Å². The highest BCUT2D eigenvalue weighted by molar-refractivity contribution is 5.94. The summed E-state index contributed by atoms with van der Waals surface area (Å²) >= 11 is 0. The van der Waals surface area contributed by atoms with Crippen LogP contribution in [0.15, 0.2) is 54.6 Å². The summed E-state index contributed by atoms with van der Waals surface area (Å²) in [7, 11) is 0. The lowest BCUT2D eigenvalue weighted by molar-refractivity contribution is 0.0895. The molecule has 0 bridgehead atoms. The van der Waals surface area contributed by atoms with E-state index in [1.165, 1.54) is 0 Å². The molecule has 2 aromatic carbocycles. The van der Waals surface area contributed by atoms with Crippen LogP contribution in [-0.4, -0.2) is 18.0 Å². The zero-order chi connectivity index (χ0) is 17.4. The van der Waals surface area contributed by atoms with Crippen LogP contribution in [0.1, 0.15) is 42.6 Å². The van der Waals surface area contributed by atoms with Gasteiger partial charge in [-0.25, -0.2) is 0 Å². The lowest BCUT2D eigenvalue weighted by atomic mass is 9.92. The number of hydrogen-bond acceptors (Lipinski definition) is 3. The number of hydrogen-bond donors (Lipinski definition) is 2. The van der Waals surface area contributed by atoms with Gasteiger partial charge in [-0.05, 0) is 42.7 Å². The predicted molar refractivity (Wildman–Crippen MR) is 97.0 cm³/mol. The Hall–Kier alpha value is -2.33. The topological polar surface area (TPSA) is 64.3 Å². The third kappa shape index (κ3) is 4.59. The van der Waals surface area contributed by atoms with Crippen molar-refractivity contribution in [2.24, 2.45) is 5.73 Å². The van der Waals surface area contributed by atoms with Crippen LogP contribution in [-0.2, 0) is 6.61 Å². The largest absolute Gasteiger partial charge is 0.489 e. The maximum absolute atomic E-state index is 12.4. The van der Waals surface area contributed by atoms with E-state index in [9.17, 15) is 4.79 Å². The molecule has 1 amide bonds. The summed E-state index contributed by atoms with van der Waals surface area (Å²) in [6.45, 7) is 5.00. The Morgan fingerprint density at radius 1 is 1.04 bits per heavy atom. The molecule has 0 unspecified atom stereocenters. The number of rotatable bonds is 8. The van der Waals surface area contributed by atoms with Crippen molar-refractivity contribution in [3.05, 3.63) is 65.7 Å². The van der Waals surface area contributed by atoms with Gasteiger partial charge in [0.2, 0.25) is 0 Å². The maximum Gasteiger partial charge on any atom is 0.251 e. The molecular weight excluding hydrogens is 300 g/mol. The number of ether oxygens (including phenoxy) is 1. The minimum absolute atomic E-state index is 0.0836. The first-order valence-corrected chi connectivity index (χ1v) is 8.42. The zero-order valence-corrected chi connectivity index (χ0v) is 14.4. The SMILES string of the molecule is CCC(CC)(CN)NC(=O)c1ccc(COc2ccccc2)cc1. The van der Waals surface area contributed by atoms with E-state index in [0.717, 1.165) is 24.2 Å². The number of para-hydroxylation sites is 1. The number of nitrogens with two attached hydrogens (primary N) is 1. The van der Waals surface area contributed by atoms with Crippen molar-refractivity contribution < 1.29 is 9.53 Å². The summed E-state index contributed by atoms with van der Waals surface area (Å²) in [5.74, 6) is 0.748. The molecule has 0 atom stereocenters. The lowest BCUT2D eigenvalue weighted by Gasteiger charge is -2.31. The van der Waals surface area contributed by atoms with Crippen LogP contribution in [0.25, 0.3) is 0 Å². The molecule has 0 spiro atoms. The average Bonchev–Trinajstić information content (AvgIpc) is 2.65. The van der Waals surface area contributed by atoms with Gasteiger partial charge in [0.05, 0.1) is 5.54 Å². The van der Waals surface area contributed by atoms with Crippen LogP contribution >= 0.6 is 0 Å². The number of nitrogens with one attached hydrogen (secondary N) is 1. The van der Waals surface area contributed by atoms with Gasteiger partial charge in [-0.3, -0.25) is 4.79 Å². The van der Waals surface area contributed by atoms with Gasteiger partial charge >= 0.3 is 0 Å². The summed E-state index contributed by atoms with van der Waals surface area (Å²) in [5.41, 5.74) is 7.17. The van der Waals surface area contributed by atoms with Crippen molar-refractivity contribution in [1.82, 2.24) is 5.32 Å². The third-order valence-electron chi connectivity index (χ3n) is 4.49. The minimum Gasteiger partial charge on any atom is -0.489 e. The van der Waals surface area contributed by atoms with E-state index in [2.05, 4.69) is 5.32 Å². The molecule has 0 aliphatic heterocycles. The highest BCUT2D eigenvalue weighted by Gasteiger charge is 2.26. The van der Waals surface area contributed by atoms with Gasteiger partial charge in [-0.15, -0.1) is 0 Å². The fraction of sp³-hybridized carbons (Fsp3) is 0.350. The molecule has 2 rings (SSSR count). The predicted octanol–water partition coefficient (Wildman–Crippen LogP) is 3.51. The first kappa shape index (κ1) is 18.0. The second kappa shape index (κ2) is 8.50. The van der Waals surface area contributed by atoms with Crippen LogP contribution in [0.2, 0.25) is 0 Å². The van der Waals surface area contributed by atoms with E-state index in [1.807, 2.05) is 68.4 Å². The van der Waals surface area contributed by atoms with Gasteiger partial charge in [0.25, 0.3) is 5.91 Å². The lowest BCUT2D eigenvalue weighted by Crippen LogP contribution is -2.52. The molecule has 0 saturated heterocycles. The second-order valence-corrected chi connectivity index (χ2v) is 5.94. The van der Waals surface area contributed by atoms with Crippen molar-refractivity contribution >= 4 is 5.91 Å². The van der Waals surface area contributed by atoms with Crippen LogP contribution in [0.3, 0.4) is 0 Å². The van der Waals surface area contributed by atoms with Gasteiger partial charge in [-0.2, -0.15) is 0 Å². The van der Waals surface area contributed by atoms with Gasteiger partial charge in [-0.1, -0.05) is 44.2 Å². The molecule has 0 aromatic heterocycles. The highest BCUT2D eigenvalue weighted by Crippen LogP contribution is 2.16. The third-order valence-corrected chi connectivity index (χ3v) is 4.49. The Labute approximate surface area is 144 Å². The summed E-state index contributed by atoms with van der Waals surface area (Å²) in [4.78, 5) is 12.4. The minimum atomic E-state index is -0.327. The summed E-state index contributed by atoms with van der Waals surface area (Å²) in [6, 6.07) is 17.2. The molecule has 0 fully saturated rings. The van der Waals surface area contributed by atoms with E-state index in [1.54, 1.807) is 0 Å². The Bertz CT molecular complexity index is 626. The Balaban J connectivity index is 1.97. The summed E-state index contributed by atoms with van der Waals surface area (Å²) < 4.78 is 5.71. The maximum atomic E-state index is 12.4. The molecule has 3 N–H and O–H groups in total. The summed E-state index contributed by atoms with van der Waals surface area (Å²) in [6.07, 6.45) is 1.63. The second-order valence-electron chi connectivity index (χ2n) is 5.94. The molecule has 0 radical (unpaired) electrons. The Morgan fingerprint density at radius 2 is 1.67 bits per heavy atom. The highest BCUT2D eigenvalue weighted by atomic mass is 16.5. The number of benzene rings is 2. The van der Waals surface area contributed by atoms with E-state index < -0.39 is 0 Å². The average molecular weight is 326 g/mol. The molecule has 0 saturated carbocycles. The molecule has 0 heterocycles. The van der Waals surface area contributed by atoms with Crippen molar-refractivity contribution in [3.8, 4) is 5.75 Å². The first-order valence-electron chi connectivity index (χ1n) is 8.42. The van der Waals surface area contributed by atoms with E-state index in [4.69, 9.17) is 10.5 Å². The van der Waals surface area contributed by atoms with Gasteiger partial charge < -0.3 is 15.8 Å². The molecule has 128 valence electrons. The van der Waals surface area contributed by atoms with Crippen LogP contribution in [0.4, 0.5) is 0 Å². The van der Waals surface area contributed by atoms with Crippen LogP contribution in [0.5, 0.6) is 5.75 Å². The van der Waals surface area contributed by atoms with Crippen LogP contribution in [0, 0.1) is 0 Å². The molecule has 4 nitrogen and oxygen atoms in total. The first-order chi connectivity index (χ1) is 11.6. The van der Waals surface area contributed by atoms with Gasteiger partial charge in [0, 0.05) is 12.1 Å². The molecular formula is C20H26N2O2. The number of carbonyl (C=O) groups is 1. The van der Waals surface area contributed by atoms with E-state index >= 15 is 0 Å². The number of amides is 1. The Kier molecular flexibility index (Phi) is 6.38. The normalized spacial score (nSPS) is 11.1. The standard InChI is InChI=1S/C20H26N2O2/c1-3-20(4-2,15-21)22-19(23)17-12-10-16(11-13-17)14-24-18-8-6-5-7-9-18/h5-13H,3-4,14-15,21H2,1-2H3,(H,22,23). The number of carbonyl (C=O) groups excluding carboxylic acids is 1. The van der Waals surface area contributed by atoms with Gasteiger partial charge in [0.15, 0.2) is 0 Å². The van der Waals surface area contributed by atoms with E-state index in [0.29, 0.717) is 18.7 Å².